The van der Waals surface area contributed by atoms with Crippen LogP contribution in [0.5, 0.6) is 0 Å². The van der Waals surface area contributed by atoms with Crippen LogP contribution >= 0.6 is 0 Å². The van der Waals surface area contributed by atoms with E-state index in [9.17, 15) is 9.59 Å². The van der Waals surface area contributed by atoms with E-state index in [0.717, 1.165) is 0 Å². The second-order valence-corrected chi connectivity index (χ2v) is 9.17. The number of aromatic nitrogens is 1. The van der Waals surface area contributed by atoms with Crippen molar-refractivity contribution in [3.05, 3.63) is 29.0 Å². The lowest BCUT2D eigenvalue weighted by Crippen LogP contribution is -2.41. The van der Waals surface area contributed by atoms with E-state index < -0.39 is 36.0 Å². The van der Waals surface area contributed by atoms with E-state index in [0.29, 0.717) is 11.0 Å². The molecule has 9 nitrogen and oxygen atoms in total. The first-order valence-corrected chi connectivity index (χ1v) is 9.63. The number of ether oxygens (including phenoxy) is 1. The maximum atomic E-state index is 12.1. The highest BCUT2D eigenvalue weighted by Crippen LogP contribution is 2.38. The molecule has 10 heteroatoms. The molecule has 1 saturated heterocycles. The third kappa shape index (κ3) is 5.73. The number of carboxylic acids is 1. The molecule has 1 amide bonds. The van der Waals surface area contributed by atoms with E-state index in [1.807, 2.05) is 27.7 Å². The van der Waals surface area contributed by atoms with Crippen LogP contribution in [-0.4, -0.2) is 52.6 Å². The number of nitrogen functional groups attached to an aromatic ring is 1. The standard InChI is InChI=1S/C20H30BN3O6/c1-18(2,3)28-17(27)24-11-13(21-29-19(4,5)20(6,7)30-21)8-12-9-14(22)15(16(25)26)23-10-12/h8-10H,11,22H2,1-7H3,(H,24,27)(H,25,26). The number of carboxylic acid groups (broad SMARTS) is 1. The highest BCUT2D eigenvalue weighted by Gasteiger charge is 2.52. The van der Waals surface area contributed by atoms with Crippen LogP contribution in [-0.2, 0) is 14.0 Å². The molecular weight excluding hydrogens is 389 g/mol. The average Bonchev–Trinajstić information content (AvgIpc) is 2.77. The third-order valence-electron chi connectivity index (χ3n) is 4.88. The first kappa shape index (κ1) is 23.7. The number of pyridine rings is 1. The van der Waals surface area contributed by atoms with Gasteiger partial charge in [-0.3, -0.25) is 0 Å². The third-order valence-corrected chi connectivity index (χ3v) is 4.88. The molecule has 0 aromatic carbocycles. The van der Waals surface area contributed by atoms with Crippen LogP contribution < -0.4 is 11.1 Å². The van der Waals surface area contributed by atoms with Gasteiger partial charge in [0.05, 0.1) is 16.9 Å². The van der Waals surface area contributed by atoms with Gasteiger partial charge in [-0.15, -0.1) is 0 Å². The highest BCUT2D eigenvalue weighted by atomic mass is 16.7. The van der Waals surface area contributed by atoms with Crippen LogP contribution in [0, 0.1) is 0 Å². The zero-order chi connectivity index (χ0) is 22.9. The molecule has 1 aliphatic rings. The number of hydrogen-bond acceptors (Lipinski definition) is 7. The van der Waals surface area contributed by atoms with E-state index in [1.165, 1.54) is 12.3 Å². The summed E-state index contributed by atoms with van der Waals surface area (Å²) in [7, 11) is -0.731. The molecule has 0 spiro atoms. The second kappa shape index (κ2) is 8.27. The largest absolute Gasteiger partial charge is 0.492 e. The van der Waals surface area contributed by atoms with Gasteiger partial charge >= 0.3 is 19.2 Å². The number of carbonyl (C=O) groups excluding carboxylic acids is 1. The molecule has 4 N–H and O–H groups in total. The van der Waals surface area contributed by atoms with E-state index in [1.54, 1.807) is 26.8 Å². The van der Waals surface area contributed by atoms with E-state index in [4.69, 9.17) is 24.9 Å². The number of nitrogens with two attached hydrogens (primary N) is 1. The van der Waals surface area contributed by atoms with Gasteiger partial charge in [-0.05, 0) is 65.6 Å². The fourth-order valence-corrected chi connectivity index (χ4v) is 2.66. The zero-order valence-electron chi connectivity index (χ0n) is 18.5. The molecular formula is C20H30BN3O6. The molecule has 0 atom stereocenters. The summed E-state index contributed by atoms with van der Waals surface area (Å²) in [4.78, 5) is 27.2. The van der Waals surface area contributed by atoms with Gasteiger partial charge < -0.3 is 30.2 Å². The zero-order valence-corrected chi connectivity index (χ0v) is 18.5. The summed E-state index contributed by atoms with van der Waals surface area (Å²) in [6.07, 6.45) is 2.51. The summed E-state index contributed by atoms with van der Waals surface area (Å²) in [6, 6.07) is 1.50. The fourth-order valence-electron chi connectivity index (χ4n) is 2.66. The number of aromatic carboxylic acids is 1. The first-order chi connectivity index (χ1) is 13.6. The summed E-state index contributed by atoms with van der Waals surface area (Å²) in [5.41, 5.74) is 4.97. The number of alkyl carbamates (subject to hydrolysis) is 1. The number of hydrogen-bond donors (Lipinski definition) is 3. The molecule has 0 unspecified atom stereocenters. The van der Waals surface area contributed by atoms with Crippen molar-refractivity contribution >= 4 is 30.9 Å². The number of anilines is 1. The van der Waals surface area contributed by atoms with Crippen LogP contribution in [0.2, 0.25) is 0 Å². The molecule has 0 saturated carbocycles. The topological polar surface area (TPSA) is 133 Å². The van der Waals surface area contributed by atoms with Gasteiger partial charge in [0.1, 0.15) is 5.60 Å². The van der Waals surface area contributed by atoms with Crippen molar-refractivity contribution in [1.82, 2.24) is 10.3 Å². The van der Waals surface area contributed by atoms with E-state index >= 15 is 0 Å². The smallest absolute Gasteiger partial charge is 0.476 e. The Morgan fingerprint density at radius 2 is 1.83 bits per heavy atom. The summed E-state index contributed by atoms with van der Waals surface area (Å²) < 4.78 is 17.5. The quantitative estimate of drug-likeness (QED) is 0.621. The molecule has 1 aliphatic heterocycles. The Labute approximate surface area is 177 Å². The lowest BCUT2D eigenvalue weighted by molar-refractivity contribution is 0.00578. The average molecular weight is 419 g/mol. The predicted molar refractivity (Wildman–Crippen MR) is 114 cm³/mol. The maximum Gasteiger partial charge on any atom is 0.492 e. The van der Waals surface area contributed by atoms with Gasteiger partial charge in [0.2, 0.25) is 0 Å². The molecule has 2 rings (SSSR count). The lowest BCUT2D eigenvalue weighted by Gasteiger charge is -2.32. The summed E-state index contributed by atoms with van der Waals surface area (Å²) in [6.45, 7) is 13.1. The molecule has 1 aromatic heterocycles. The van der Waals surface area contributed by atoms with Crippen molar-refractivity contribution in [3.8, 4) is 0 Å². The number of nitrogens with zero attached hydrogens (tertiary/aromatic N) is 1. The van der Waals surface area contributed by atoms with Crippen molar-refractivity contribution in [2.75, 3.05) is 12.3 Å². The van der Waals surface area contributed by atoms with Gasteiger partial charge in [0.15, 0.2) is 5.69 Å². The minimum Gasteiger partial charge on any atom is -0.476 e. The molecule has 0 aliphatic carbocycles. The number of amides is 1. The molecule has 0 bridgehead atoms. The molecule has 164 valence electrons. The monoisotopic (exact) mass is 419 g/mol. The molecule has 30 heavy (non-hydrogen) atoms. The number of nitrogens with one attached hydrogen (secondary N) is 1. The van der Waals surface area contributed by atoms with Crippen LogP contribution in [0.1, 0.15) is 64.5 Å². The van der Waals surface area contributed by atoms with Gasteiger partial charge in [-0.1, -0.05) is 6.08 Å². The summed E-state index contributed by atoms with van der Waals surface area (Å²) in [5, 5.41) is 11.8. The van der Waals surface area contributed by atoms with Gasteiger partial charge in [0, 0.05) is 12.7 Å². The van der Waals surface area contributed by atoms with Crippen molar-refractivity contribution in [1.29, 1.82) is 0 Å². The van der Waals surface area contributed by atoms with Crippen LogP contribution in [0.15, 0.2) is 17.7 Å². The minimum absolute atomic E-state index is 0.0321. The Balaban J connectivity index is 2.32. The van der Waals surface area contributed by atoms with Crippen molar-refractivity contribution in [2.45, 2.75) is 65.3 Å². The Morgan fingerprint density at radius 3 is 2.30 bits per heavy atom. The highest BCUT2D eigenvalue weighted by molar-refractivity contribution is 6.56. The van der Waals surface area contributed by atoms with Crippen molar-refractivity contribution < 1.29 is 28.7 Å². The van der Waals surface area contributed by atoms with Crippen LogP contribution in [0.4, 0.5) is 10.5 Å². The first-order valence-electron chi connectivity index (χ1n) is 9.63. The second-order valence-electron chi connectivity index (χ2n) is 9.17. The Kier molecular flexibility index (Phi) is 6.53. The SMILES string of the molecule is CC(C)(C)OC(=O)NCC(=Cc1cnc(C(=O)O)c(N)c1)B1OC(C)(C)C(C)(C)O1. The summed E-state index contributed by atoms with van der Waals surface area (Å²) in [5.74, 6) is -1.21. The van der Waals surface area contributed by atoms with Crippen LogP contribution in [0.25, 0.3) is 6.08 Å². The summed E-state index contributed by atoms with van der Waals surface area (Å²) >= 11 is 0. The Morgan fingerprint density at radius 1 is 1.27 bits per heavy atom. The van der Waals surface area contributed by atoms with Gasteiger partial charge in [-0.25, -0.2) is 14.6 Å². The molecule has 0 radical (unpaired) electrons. The van der Waals surface area contributed by atoms with E-state index in [2.05, 4.69) is 10.3 Å². The fraction of sp³-hybridized carbons (Fsp3) is 0.550. The lowest BCUT2D eigenvalue weighted by atomic mass is 9.77. The Bertz CT molecular complexity index is 845. The normalized spacial score (nSPS) is 18.2. The number of rotatable bonds is 5. The molecule has 1 aromatic rings. The van der Waals surface area contributed by atoms with Crippen molar-refractivity contribution in [2.24, 2.45) is 0 Å². The minimum atomic E-state index is -1.21. The maximum absolute atomic E-state index is 12.1. The van der Waals surface area contributed by atoms with Gasteiger partial charge in [-0.2, -0.15) is 0 Å². The molecule has 2 heterocycles. The van der Waals surface area contributed by atoms with Crippen LogP contribution in [0.3, 0.4) is 0 Å². The molecule has 1 fully saturated rings. The Hall–Kier alpha value is -2.59. The van der Waals surface area contributed by atoms with E-state index in [-0.39, 0.29) is 17.9 Å². The van der Waals surface area contributed by atoms with Crippen molar-refractivity contribution in [3.63, 3.8) is 0 Å². The predicted octanol–water partition coefficient (Wildman–Crippen LogP) is 2.90. The van der Waals surface area contributed by atoms with Gasteiger partial charge in [0.25, 0.3) is 0 Å². The number of carbonyl (C=O) groups is 2.